The van der Waals surface area contributed by atoms with Gasteiger partial charge in [-0.15, -0.1) is 0 Å². The maximum Gasteiger partial charge on any atom is 0.272 e. The first-order chi connectivity index (χ1) is 12.1. The number of fused-ring (bicyclic) bond motifs is 1. The van der Waals surface area contributed by atoms with Crippen molar-refractivity contribution in [2.75, 3.05) is 13.2 Å². The lowest BCUT2D eigenvalue weighted by Crippen LogP contribution is -2.25. The largest absolute Gasteiger partial charge is 0.494 e. The third-order valence-electron chi connectivity index (χ3n) is 3.87. The number of nitrogens with one attached hydrogen (secondary N) is 2. The summed E-state index contributed by atoms with van der Waals surface area (Å²) in [5, 5.41) is 10.7. The maximum absolute atomic E-state index is 12.8. The number of nitrogens with zero attached hydrogens (tertiary/aromatic N) is 1. The van der Waals surface area contributed by atoms with Crippen LogP contribution in [0.4, 0.5) is 4.39 Å². The average molecular weight is 341 g/mol. The molecule has 2 aromatic carbocycles. The van der Waals surface area contributed by atoms with Crippen molar-refractivity contribution in [3.8, 4) is 5.75 Å². The Morgan fingerprint density at radius 2 is 2.00 bits per heavy atom. The minimum absolute atomic E-state index is 0.184. The topological polar surface area (TPSA) is 67.0 Å². The molecule has 0 fully saturated rings. The van der Waals surface area contributed by atoms with Gasteiger partial charge in [-0.05, 0) is 56.2 Å². The molecule has 3 rings (SSSR count). The Bertz CT molecular complexity index is 859. The van der Waals surface area contributed by atoms with Crippen LogP contribution in [0.1, 0.15) is 28.9 Å². The Morgan fingerprint density at radius 3 is 2.80 bits per heavy atom. The molecule has 0 spiro atoms. The molecule has 6 heteroatoms. The Kier molecular flexibility index (Phi) is 5.28. The molecular formula is C19H20FN3O2. The van der Waals surface area contributed by atoms with E-state index in [9.17, 15) is 9.18 Å². The smallest absolute Gasteiger partial charge is 0.272 e. The van der Waals surface area contributed by atoms with Crippen molar-refractivity contribution in [1.82, 2.24) is 15.5 Å². The van der Waals surface area contributed by atoms with E-state index in [1.165, 1.54) is 12.1 Å². The molecule has 0 radical (unpaired) electrons. The second-order valence-electron chi connectivity index (χ2n) is 5.89. The van der Waals surface area contributed by atoms with Gasteiger partial charge in [0, 0.05) is 11.9 Å². The lowest BCUT2D eigenvalue weighted by atomic mass is 10.1. The van der Waals surface area contributed by atoms with Gasteiger partial charge in [0.2, 0.25) is 0 Å². The van der Waals surface area contributed by atoms with Crippen LogP contribution in [0.3, 0.4) is 0 Å². The molecule has 0 saturated heterocycles. The zero-order valence-electron chi connectivity index (χ0n) is 14.0. The predicted molar refractivity (Wildman–Crippen MR) is 94.3 cm³/mol. The maximum atomic E-state index is 12.8. The summed E-state index contributed by atoms with van der Waals surface area (Å²) >= 11 is 0. The molecule has 0 bridgehead atoms. The van der Waals surface area contributed by atoms with E-state index in [0.717, 1.165) is 29.3 Å². The van der Waals surface area contributed by atoms with Gasteiger partial charge in [-0.1, -0.05) is 11.6 Å². The molecule has 0 aliphatic carbocycles. The summed E-state index contributed by atoms with van der Waals surface area (Å²) in [6, 6.07) is 11.8. The fraction of sp³-hybridized carbons (Fsp3) is 0.263. The number of hydrogen-bond acceptors (Lipinski definition) is 3. The van der Waals surface area contributed by atoms with Gasteiger partial charge in [-0.3, -0.25) is 9.89 Å². The van der Waals surface area contributed by atoms with Gasteiger partial charge in [-0.25, -0.2) is 4.39 Å². The molecule has 0 unspecified atom stereocenters. The van der Waals surface area contributed by atoms with Crippen LogP contribution in [0.25, 0.3) is 10.9 Å². The molecular weight excluding hydrogens is 321 g/mol. The summed E-state index contributed by atoms with van der Waals surface area (Å²) in [7, 11) is 0. The highest BCUT2D eigenvalue weighted by Crippen LogP contribution is 2.17. The average Bonchev–Trinajstić information content (AvgIpc) is 3.02. The van der Waals surface area contributed by atoms with E-state index in [1.54, 1.807) is 12.1 Å². The second kappa shape index (κ2) is 7.79. The van der Waals surface area contributed by atoms with E-state index >= 15 is 0 Å². The number of carbonyl (C=O) groups is 1. The van der Waals surface area contributed by atoms with Crippen LogP contribution < -0.4 is 10.1 Å². The number of hydrogen-bond donors (Lipinski definition) is 2. The minimum Gasteiger partial charge on any atom is -0.494 e. The van der Waals surface area contributed by atoms with Gasteiger partial charge < -0.3 is 10.1 Å². The van der Waals surface area contributed by atoms with Crippen LogP contribution in [0, 0.1) is 12.7 Å². The highest BCUT2D eigenvalue weighted by molar-refractivity contribution is 6.04. The van der Waals surface area contributed by atoms with Gasteiger partial charge in [0.05, 0.1) is 12.1 Å². The molecule has 1 heterocycles. The molecule has 1 amide bonds. The van der Waals surface area contributed by atoms with Crippen LogP contribution in [0.15, 0.2) is 42.5 Å². The lowest BCUT2D eigenvalue weighted by molar-refractivity contribution is 0.0949. The van der Waals surface area contributed by atoms with E-state index in [-0.39, 0.29) is 11.7 Å². The molecule has 5 nitrogen and oxygen atoms in total. The molecule has 0 saturated carbocycles. The first-order valence-electron chi connectivity index (χ1n) is 8.25. The van der Waals surface area contributed by atoms with Crippen molar-refractivity contribution in [2.24, 2.45) is 0 Å². The summed E-state index contributed by atoms with van der Waals surface area (Å²) in [6.45, 7) is 3.05. The van der Waals surface area contributed by atoms with E-state index in [1.807, 2.05) is 25.1 Å². The quantitative estimate of drug-likeness (QED) is 0.645. The van der Waals surface area contributed by atoms with Gasteiger partial charge >= 0.3 is 0 Å². The summed E-state index contributed by atoms with van der Waals surface area (Å²) in [5.74, 6) is 0.177. The van der Waals surface area contributed by atoms with Crippen molar-refractivity contribution >= 4 is 16.8 Å². The molecule has 3 aromatic rings. The predicted octanol–water partition coefficient (Wildman–Crippen LogP) is 3.60. The number of carbonyl (C=O) groups excluding carboxylic acids is 1. The van der Waals surface area contributed by atoms with E-state index < -0.39 is 0 Å². The molecule has 0 aliphatic heterocycles. The summed E-state index contributed by atoms with van der Waals surface area (Å²) < 4.78 is 18.3. The Labute approximate surface area is 145 Å². The summed E-state index contributed by atoms with van der Waals surface area (Å²) in [4.78, 5) is 12.3. The van der Waals surface area contributed by atoms with Crippen molar-refractivity contribution in [1.29, 1.82) is 0 Å². The highest BCUT2D eigenvalue weighted by atomic mass is 19.1. The van der Waals surface area contributed by atoms with Crippen LogP contribution in [0.2, 0.25) is 0 Å². The third kappa shape index (κ3) is 4.35. The van der Waals surface area contributed by atoms with E-state index in [0.29, 0.717) is 24.6 Å². The number of halogens is 1. The summed E-state index contributed by atoms with van der Waals surface area (Å²) in [5.41, 5.74) is 2.35. The number of amides is 1. The molecule has 0 aliphatic rings. The monoisotopic (exact) mass is 341 g/mol. The molecule has 130 valence electrons. The van der Waals surface area contributed by atoms with E-state index in [4.69, 9.17) is 4.74 Å². The Balaban J connectivity index is 1.42. The fourth-order valence-corrected chi connectivity index (χ4v) is 2.53. The summed E-state index contributed by atoms with van der Waals surface area (Å²) in [6.07, 6.45) is 1.58. The van der Waals surface area contributed by atoms with Crippen LogP contribution in [-0.4, -0.2) is 29.3 Å². The standard InChI is InChI=1S/C19H20FN3O2/c1-13-4-9-17-16(12-13)18(23-22-17)19(24)21-10-2-3-11-25-15-7-5-14(20)6-8-15/h4-9,12H,2-3,10-11H2,1H3,(H,21,24)(H,22,23). The second-order valence-corrected chi connectivity index (χ2v) is 5.89. The van der Waals surface area contributed by atoms with Crippen molar-refractivity contribution < 1.29 is 13.9 Å². The lowest BCUT2D eigenvalue weighted by Gasteiger charge is -2.06. The number of ether oxygens (including phenoxy) is 1. The van der Waals surface area contributed by atoms with Crippen molar-refractivity contribution in [3.63, 3.8) is 0 Å². The van der Waals surface area contributed by atoms with Crippen molar-refractivity contribution in [2.45, 2.75) is 19.8 Å². The normalized spacial score (nSPS) is 10.8. The Hall–Kier alpha value is -2.89. The number of unbranched alkanes of at least 4 members (excludes halogenated alkanes) is 1. The van der Waals surface area contributed by atoms with E-state index in [2.05, 4.69) is 15.5 Å². The fourth-order valence-electron chi connectivity index (χ4n) is 2.53. The van der Waals surface area contributed by atoms with Crippen LogP contribution in [-0.2, 0) is 0 Å². The zero-order valence-corrected chi connectivity index (χ0v) is 14.0. The Morgan fingerprint density at radius 1 is 1.20 bits per heavy atom. The number of benzene rings is 2. The number of aromatic amines is 1. The van der Waals surface area contributed by atoms with Crippen LogP contribution >= 0.6 is 0 Å². The first kappa shape index (κ1) is 17.0. The number of aryl methyl sites for hydroxylation is 1. The highest BCUT2D eigenvalue weighted by Gasteiger charge is 2.13. The molecule has 25 heavy (non-hydrogen) atoms. The first-order valence-corrected chi connectivity index (χ1v) is 8.25. The van der Waals surface area contributed by atoms with Crippen LogP contribution in [0.5, 0.6) is 5.75 Å². The SMILES string of the molecule is Cc1ccc2[nH]nc(C(=O)NCCCCOc3ccc(F)cc3)c2c1. The molecule has 2 N–H and O–H groups in total. The van der Waals surface area contributed by atoms with Crippen molar-refractivity contribution in [3.05, 3.63) is 59.5 Å². The van der Waals surface area contributed by atoms with Gasteiger partial charge in [0.25, 0.3) is 5.91 Å². The van der Waals surface area contributed by atoms with Gasteiger partial charge in [0.15, 0.2) is 5.69 Å². The number of aromatic nitrogens is 2. The molecule has 0 atom stereocenters. The molecule has 1 aromatic heterocycles. The third-order valence-corrected chi connectivity index (χ3v) is 3.87. The number of H-pyrrole nitrogens is 1. The van der Waals surface area contributed by atoms with Gasteiger partial charge in [0.1, 0.15) is 11.6 Å². The zero-order chi connectivity index (χ0) is 17.6. The minimum atomic E-state index is -0.281. The van der Waals surface area contributed by atoms with Gasteiger partial charge in [-0.2, -0.15) is 5.10 Å². The number of rotatable bonds is 7.